The Kier molecular flexibility index (Phi) is 3.47. The zero-order chi connectivity index (χ0) is 14.1. The smallest absolute Gasteiger partial charge is 0.326 e. The van der Waals surface area contributed by atoms with Crippen LogP contribution in [0.3, 0.4) is 0 Å². The van der Waals surface area contributed by atoms with Gasteiger partial charge in [-0.25, -0.2) is 4.79 Å². The van der Waals surface area contributed by atoms with Gasteiger partial charge in [0.2, 0.25) is 0 Å². The molecule has 1 saturated carbocycles. The number of carbonyl (C=O) groups is 2. The third-order valence-electron chi connectivity index (χ3n) is 4.63. The second-order valence-corrected chi connectivity index (χ2v) is 5.78. The molecular formula is C16H19NO3. The summed E-state index contributed by atoms with van der Waals surface area (Å²) in [5.41, 5.74) is 0.588. The van der Waals surface area contributed by atoms with Gasteiger partial charge in [0.05, 0.1) is 0 Å². The summed E-state index contributed by atoms with van der Waals surface area (Å²) in [5, 5.41) is 9.43. The number of rotatable bonds is 2. The molecule has 3 atom stereocenters. The molecule has 0 aromatic heterocycles. The molecular weight excluding hydrogens is 254 g/mol. The van der Waals surface area contributed by atoms with E-state index in [1.807, 2.05) is 18.2 Å². The number of likely N-dealkylation sites (tertiary alicyclic amines) is 1. The van der Waals surface area contributed by atoms with Crippen molar-refractivity contribution in [1.29, 1.82) is 0 Å². The molecule has 1 N–H and O–H groups in total. The number of carboxylic acids is 1. The van der Waals surface area contributed by atoms with E-state index in [2.05, 4.69) is 0 Å². The van der Waals surface area contributed by atoms with Crippen molar-refractivity contribution in [2.75, 3.05) is 0 Å². The lowest BCUT2D eigenvalue weighted by molar-refractivity contribution is -0.141. The highest BCUT2D eigenvalue weighted by molar-refractivity contribution is 5.97. The number of carbonyl (C=O) groups excluding carboxylic acids is 1. The third-order valence-corrected chi connectivity index (χ3v) is 4.63. The quantitative estimate of drug-likeness (QED) is 0.901. The van der Waals surface area contributed by atoms with Crippen LogP contribution in [0.4, 0.5) is 0 Å². The van der Waals surface area contributed by atoms with Crippen molar-refractivity contribution in [3.8, 4) is 0 Å². The lowest BCUT2D eigenvalue weighted by Gasteiger charge is -2.33. The molecule has 3 rings (SSSR count). The maximum Gasteiger partial charge on any atom is 0.326 e. The van der Waals surface area contributed by atoms with E-state index in [0.717, 1.165) is 25.7 Å². The highest BCUT2D eigenvalue weighted by Gasteiger charge is 2.47. The lowest BCUT2D eigenvalue weighted by atomic mass is 9.84. The highest BCUT2D eigenvalue weighted by atomic mass is 16.4. The van der Waals surface area contributed by atoms with Crippen LogP contribution >= 0.6 is 0 Å². The van der Waals surface area contributed by atoms with Gasteiger partial charge < -0.3 is 10.0 Å². The molecule has 20 heavy (non-hydrogen) atoms. The molecule has 4 nitrogen and oxygen atoms in total. The van der Waals surface area contributed by atoms with Gasteiger partial charge in [-0.15, -0.1) is 0 Å². The SMILES string of the molecule is O=C(O)[C@@H]1C[C@@H]2CCCC[C@@H]2N1C(=O)c1ccccc1. The van der Waals surface area contributed by atoms with Crippen LogP contribution in [0.2, 0.25) is 0 Å². The van der Waals surface area contributed by atoms with Crippen molar-refractivity contribution in [2.45, 2.75) is 44.2 Å². The Hall–Kier alpha value is -1.84. The molecule has 0 radical (unpaired) electrons. The van der Waals surface area contributed by atoms with Crippen LogP contribution in [0.5, 0.6) is 0 Å². The number of hydrogen-bond donors (Lipinski definition) is 1. The Bertz CT molecular complexity index is 514. The monoisotopic (exact) mass is 273 g/mol. The number of nitrogens with zero attached hydrogens (tertiary/aromatic N) is 1. The van der Waals surface area contributed by atoms with E-state index in [4.69, 9.17) is 0 Å². The molecule has 0 bridgehead atoms. The first kappa shape index (κ1) is 13.2. The molecule has 106 valence electrons. The first-order chi connectivity index (χ1) is 9.68. The average molecular weight is 273 g/mol. The summed E-state index contributed by atoms with van der Waals surface area (Å²) in [6.07, 6.45) is 4.84. The van der Waals surface area contributed by atoms with Gasteiger partial charge >= 0.3 is 5.97 Å². The van der Waals surface area contributed by atoms with E-state index in [1.165, 1.54) is 0 Å². The van der Waals surface area contributed by atoms with Crippen LogP contribution in [-0.4, -0.2) is 34.0 Å². The van der Waals surface area contributed by atoms with Crippen LogP contribution in [-0.2, 0) is 4.79 Å². The van der Waals surface area contributed by atoms with E-state index in [-0.39, 0.29) is 11.9 Å². The molecule has 0 unspecified atom stereocenters. The fourth-order valence-corrected chi connectivity index (χ4v) is 3.70. The van der Waals surface area contributed by atoms with Crippen LogP contribution < -0.4 is 0 Å². The summed E-state index contributed by atoms with van der Waals surface area (Å²) in [5.74, 6) is -0.645. The Balaban J connectivity index is 1.91. The molecule has 2 fully saturated rings. The third kappa shape index (κ3) is 2.19. The van der Waals surface area contributed by atoms with Crippen molar-refractivity contribution < 1.29 is 14.7 Å². The summed E-state index contributed by atoms with van der Waals surface area (Å²) in [6, 6.07) is 8.47. The van der Waals surface area contributed by atoms with E-state index in [0.29, 0.717) is 17.9 Å². The topological polar surface area (TPSA) is 57.6 Å². The minimum absolute atomic E-state index is 0.109. The Morgan fingerprint density at radius 3 is 2.50 bits per heavy atom. The van der Waals surface area contributed by atoms with Crippen molar-refractivity contribution >= 4 is 11.9 Å². The van der Waals surface area contributed by atoms with Crippen molar-refractivity contribution in [3.05, 3.63) is 35.9 Å². The van der Waals surface area contributed by atoms with Gasteiger partial charge in [0.25, 0.3) is 5.91 Å². The van der Waals surface area contributed by atoms with Crippen molar-refractivity contribution in [3.63, 3.8) is 0 Å². The summed E-state index contributed by atoms with van der Waals surface area (Å²) in [6.45, 7) is 0. The van der Waals surface area contributed by atoms with Crippen LogP contribution in [0, 0.1) is 5.92 Å². The fourth-order valence-electron chi connectivity index (χ4n) is 3.70. The van der Waals surface area contributed by atoms with Gasteiger partial charge in [-0.1, -0.05) is 31.0 Å². The number of carboxylic acid groups (broad SMARTS) is 1. The minimum Gasteiger partial charge on any atom is -0.480 e. The van der Waals surface area contributed by atoms with Gasteiger partial charge in [-0.2, -0.15) is 0 Å². The van der Waals surface area contributed by atoms with E-state index in [1.54, 1.807) is 17.0 Å². The molecule has 1 aromatic carbocycles. The molecule has 1 heterocycles. The van der Waals surface area contributed by atoms with Crippen molar-refractivity contribution in [1.82, 2.24) is 4.90 Å². The normalized spacial score (nSPS) is 29.0. The number of amides is 1. The summed E-state index contributed by atoms with van der Waals surface area (Å²) in [7, 11) is 0. The summed E-state index contributed by atoms with van der Waals surface area (Å²) in [4.78, 5) is 25.8. The number of benzene rings is 1. The highest BCUT2D eigenvalue weighted by Crippen LogP contribution is 2.40. The van der Waals surface area contributed by atoms with Crippen LogP contribution in [0.25, 0.3) is 0 Å². The maximum atomic E-state index is 12.7. The van der Waals surface area contributed by atoms with E-state index < -0.39 is 12.0 Å². The van der Waals surface area contributed by atoms with Crippen LogP contribution in [0.15, 0.2) is 30.3 Å². The minimum atomic E-state index is -0.872. The fraction of sp³-hybridized carbons (Fsp3) is 0.500. The zero-order valence-corrected chi connectivity index (χ0v) is 11.4. The largest absolute Gasteiger partial charge is 0.480 e. The van der Waals surface area contributed by atoms with Crippen LogP contribution in [0.1, 0.15) is 42.5 Å². The van der Waals surface area contributed by atoms with Gasteiger partial charge in [0.1, 0.15) is 6.04 Å². The van der Waals surface area contributed by atoms with E-state index >= 15 is 0 Å². The molecule has 1 amide bonds. The Morgan fingerprint density at radius 1 is 1.10 bits per heavy atom. The number of aliphatic carboxylic acids is 1. The van der Waals surface area contributed by atoms with Gasteiger partial charge in [-0.3, -0.25) is 4.79 Å². The van der Waals surface area contributed by atoms with Gasteiger partial charge in [-0.05, 0) is 37.3 Å². The van der Waals surface area contributed by atoms with E-state index in [9.17, 15) is 14.7 Å². The molecule has 0 spiro atoms. The second kappa shape index (κ2) is 5.27. The average Bonchev–Trinajstić information content (AvgIpc) is 2.87. The molecule has 1 saturated heterocycles. The first-order valence-corrected chi connectivity index (χ1v) is 7.29. The summed E-state index contributed by atoms with van der Waals surface area (Å²) >= 11 is 0. The Labute approximate surface area is 118 Å². The number of hydrogen-bond acceptors (Lipinski definition) is 2. The first-order valence-electron chi connectivity index (χ1n) is 7.29. The number of fused-ring (bicyclic) bond motifs is 1. The second-order valence-electron chi connectivity index (χ2n) is 5.78. The Morgan fingerprint density at radius 2 is 1.80 bits per heavy atom. The predicted octanol–water partition coefficient (Wildman–Crippen LogP) is 2.54. The molecule has 1 aliphatic carbocycles. The molecule has 2 aliphatic rings. The van der Waals surface area contributed by atoms with Gasteiger partial charge in [0, 0.05) is 11.6 Å². The van der Waals surface area contributed by atoms with Crippen molar-refractivity contribution in [2.24, 2.45) is 5.92 Å². The molecule has 1 aliphatic heterocycles. The maximum absolute atomic E-state index is 12.7. The molecule has 4 heteroatoms. The lowest BCUT2D eigenvalue weighted by Crippen LogP contribution is -2.46. The zero-order valence-electron chi connectivity index (χ0n) is 11.4. The van der Waals surface area contributed by atoms with Gasteiger partial charge in [0.15, 0.2) is 0 Å². The summed E-state index contributed by atoms with van der Waals surface area (Å²) < 4.78 is 0. The molecule has 1 aromatic rings. The standard InChI is InChI=1S/C16H19NO3/c18-15(11-6-2-1-3-7-11)17-13-9-5-4-8-12(13)10-14(17)16(19)20/h1-3,6-7,12-14H,4-5,8-10H2,(H,19,20)/t12-,13-,14-/m0/s1. The predicted molar refractivity (Wildman–Crippen MR) is 74.4 cm³/mol.